The third-order valence-corrected chi connectivity index (χ3v) is 3.13. The maximum atomic E-state index is 4.27. The van der Waals surface area contributed by atoms with Gasteiger partial charge in [0.25, 0.3) is 0 Å². The summed E-state index contributed by atoms with van der Waals surface area (Å²) in [5.74, 6) is 1.60. The van der Waals surface area contributed by atoms with Gasteiger partial charge in [-0.05, 0) is 12.0 Å². The molecule has 0 spiro atoms. The molecule has 0 radical (unpaired) electrons. The second-order valence-corrected chi connectivity index (χ2v) is 4.36. The molecule has 14 heavy (non-hydrogen) atoms. The molecule has 0 fully saturated rings. The molecule has 1 aromatic heterocycles. The Kier molecular flexibility index (Phi) is 2.06. The lowest BCUT2D eigenvalue weighted by Crippen LogP contribution is -2.17. The van der Waals surface area contributed by atoms with Gasteiger partial charge in [0.2, 0.25) is 0 Å². The van der Waals surface area contributed by atoms with E-state index in [2.05, 4.69) is 50.2 Å². The molecule has 0 amide bonds. The zero-order valence-corrected chi connectivity index (χ0v) is 8.94. The van der Waals surface area contributed by atoms with Gasteiger partial charge in [0.15, 0.2) is 0 Å². The minimum Gasteiger partial charge on any atom is -0.307 e. The van der Waals surface area contributed by atoms with E-state index >= 15 is 0 Å². The standard InChI is InChI=1S/C12H16N2/c1-10(2)12(3)5-4-11-13-7-9-14(11)8-6-12/h4-10H,1-3H3. The van der Waals surface area contributed by atoms with E-state index in [-0.39, 0.29) is 5.41 Å². The van der Waals surface area contributed by atoms with Crippen LogP contribution in [0, 0.1) is 11.3 Å². The van der Waals surface area contributed by atoms with E-state index in [0.29, 0.717) is 5.92 Å². The number of fused-ring (bicyclic) bond motifs is 1. The first-order valence-electron chi connectivity index (χ1n) is 5.03. The highest BCUT2D eigenvalue weighted by molar-refractivity contribution is 5.51. The monoisotopic (exact) mass is 188 g/mol. The summed E-state index contributed by atoms with van der Waals surface area (Å²) in [5.41, 5.74) is 0.140. The molecular formula is C12H16N2. The highest BCUT2D eigenvalue weighted by Gasteiger charge is 2.23. The van der Waals surface area contributed by atoms with Crippen molar-refractivity contribution in [2.45, 2.75) is 20.8 Å². The molecule has 1 aliphatic heterocycles. The number of hydrogen-bond donors (Lipinski definition) is 0. The summed E-state index contributed by atoms with van der Waals surface area (Å²) in [6, 6.07) is 0. The average Bonchev–Trinajstić information content (AvgIpc) is 2.53. The normalized spacial score (nSPS) is 25.1. The van der Waals surface area contributed by atoms with E-state index in [4.69, 9.17) is 0 Å². The minimum absolute atomic E-state index is 0.140. The molecule has 1 aromatic rings. The Balaban J connectivity index is 2.42. The smallest absolute Gasteiger partial charge is 0.136 e. The van der Waals surface area contributed by atoms with E-state index in [1.165, 1.54) is 0 Å². The molecule has 0 aliphatic carbocycles. The van der Waals surface area contributed by atoms with Gasteiger partial charge in [-0.3, -0.25) is 0 Å². The Morgan fingerprint density at radius 2 is 2.14 bits per heavy atom. The van der Waals surface area contributed by atoms with E-state index in [0.717, 1.165) is 5.82 Å². The van der Waals surface area contributed by atoms with Gasteiger partial charge >= 0.3 is 0 Å². The van der Waals surface area contributed by atoms with Gasteiger partial charge in [-0.15, -0.1) is 0 Å². The molecule has 1 aliphatic rings. The minimum atomic E-state index is 0.140. The fraction of sp³-hybridized carbons (Fsp3) is 0.417. The van der Waals surface area contributed by atoms with E-state index in [1.807, 2.05) is 17.0 Å². The van der Waals surface area contributed by atoms with Gasteiger partial charge in [0.1, 0.15) is 5.82 Å². The molecule has 2 rings (SSSR count). The summed E-state index contributed by atoms with van der Waals surface area (Å²) < 4.78 is 2.05. The van der Waals surface area contributed by atoms with Gasteiger partial charge in [-0.25, -0.2) is 4.98 Å². The van der Waals surface area contributed by atoms with E-state index in [1.54, 1.807) is 0 Å². The van der Waals surface area contributed by atoms with Crippen molar-refractivity contribution in [3.05, 3.63) is 30.4 Å². The highest BCUT2D eigenvalue weighted by Crippen LogP contribution is 2.32. The second kappa shape index (κ2) is 3.12. The van der Waals surface area contributed by atoms with Gasteiger partial charge in [0.05, 0.1) is 0 Å². The number of rotatable bonds is 1. The van der Waals surface area contributed by atoms with E-state index in [9.17, 15) is 0 Å². The van der Waals surface area contributed by atoms with Gasteiger partial charge in [-0.2, -0.15) is 0 Å². The predicted molar refractivity (Wildman–Crippen MR) is 59.5 cm³/mol. The van der Waals surface area contributed by atoms with Crippen LogP contribution < -0.4 is 0 Å². The maximum absolute atomic E-state index is 4.27. The SMILES string of the molecule is CC(C)C1(C)C=Cc2nccn2C=C1. The molecule has 2 nitrogen and oxygen atoms in total. The van der Waals surface area contributed by atoms with Crippen molar-refractivity contribution in [3.63, 3.8) is 0 Å². The van der Waals surface area contributed by atoms with Crippen molar-refractivity contribution < 1.29 is 0 Å². The third kappa shape index (κ3) is 1.41. The average molecular weight is 188 g/mol. The third-order valence-electron chi connectivity index (χ3n) is 3.13. The number of imidazole rings is 1. The number of aromatic nitrogens is 2. The fourth-order valence-corrected chi connectivity index (χ4v) is 1.52. The zero-order valence-electron chi connectivity index (χ0n) is 8.94. The van der Waals surface area contributed by atoms with Crippen molar-refractivity contribution in [1.29, 1.82) is 0 Å². The van der Waals surface area contributed by atoms with Crippen molar-refractivity contribution in [2.24, 2.45) is 11.3 Å². The molecule has 2 heterocycles. The lowest BCUT2D eigenvalue weighted by molar-refractivity contribution is 0.386. The van der Waals surface area contributed by atoms with Gasteiger partial charge in [0, 0.05) is 24.0 Å². The Morgan fingerprint density at radius 3 is 2.86 bits per heavy atom. The Morgan fingerprint density at radius 1 is 1.36 bits per heavy atom. The van der Waals surface area contributed by atoms with Gasteiger partial charge < -0.3 is 4.57 Å². The Labute approximate surface area is 85.0 Å². The van der Waals surface area contributed by atoms with Crippen LogP contribution in [0.2, 0.25) is 0 Å². The first kappa shape index (κ1) is 9.25. The summed E-state index contributed by atoms with van der Waals surface area (Å²) in [4.78, 5) is 4.27. The van der Waals surface area contributed by atoms with Crippen molar-refractivity contribution in [3.8, 4) is 0 Å². The van der Waals surface area contributed by atoms with Crippen LogP contribution in [0.4, 0.5) is 0 Å². The van der Waals surface area contributed by atoms with Crippen LogP contribution in [-0.2, 0) is 0 Å². The van der Waals surface area contributed by atoms with Crippen LogP contribution in [0.25, 0.3) is 12.3 Å². The summed E-state index contributed by atoms with van der Waals surface area (Å²) in [5, 5.41) is 0. The molecule has 0 bridgehead atoms. The molecule has 74 valence electrons. The van der Waals surface area contributed by atoms with Crippen LogP contribution in [0.15, 0.2) is 24.5 Å². The van der Waals surface area contributed by atoms with Crippen LogP contribution in [0.3, 0.4) is 0 Å². The van der Waals surface area contributed by atoms with Crippen LogP contribution in [0.1, 0.15) is 26.6 Å². The van der Waals surface area contributed by atoms with Crippen molar-refractivity contribution in [2.75, 3.05) is 0 Å². The second-order valence-electron chi connectivity index (χ2n) is 4.36. The van der Waals surface area contributed by atoms with Crippen LogP contribution >= 0.6 is 0 Å². The highest BCUT2D eigenvalue weighted by atomic mass is 15.0. The quantitative estimate of drug-likeness (QED) is 0.662. The van der Waals surface area contributed by atoms with Crippen molar-refractivity contribution >= 4 is 12.3 Å². The lowest BCUT2D eigenvalue weighted by atomic mass is 9.79. The zero-order chi connectivity index (χ0) is 10.2. The fourth-order valence-electron chi connectivity index (χ4n) is 1.52. The first-order chi connectivity index (χ1) is 6.62. The molecule has 0 N–H and O–H groups in total. The van der Waals surface area contributed by atoms with E-state index < -0.39 is 0 Å². The number of nitrogens with zero attached hydrogens (tertiary/aromatic N) is 2. The first-order valence-corrected chi connectivity index (χ1v) is 5.03. The molecule has 0 saturated heterocycles. The summed E-state index contributed by atoms with van der Waals surface area (Å²) in [6.07, 6.45) is 12.5. The molecule has 0 saturated carbocycles. The number of hydrogen-bond acceptors (Lipinski definition) is 1. The Bertz CT molecular complexity index is 354. The lowest BCUT2D eigenvalue weighted by Gasteiger charge is -2.25. The largest absolute Gasteiger partial charge is 0.307 e. The molecule has 1 atom stereocenters. The Hall–Kier alpha value is -1.31. The molecular weight excluding hydrogens is 172 g/mol. The summed E-state index contributed by atoms with van der Waals surface area (Å²) >= 11 is 0. The summed E-state index contributed by atoms with van der Waals surface area (Å²) in [7, 11) is 0. The van der Waals surface area contributed by atoms with Crippen LogP contribution in [-0.4, -0.2) is 9.55 Å². The molecule has 0 aromatic carbocycles. The van der Waals surface area contributed by atoms with Crippen LogP contribution in [0.5, 0.6) is 0 Å². The summed E-state index contributed by atoms with van der Waals surface area (Å²) in [6.45, 7) is 6.72. The molecule has 2 heteroatoms. The topological polar surface area (TPSA) is 17.8 Å². The van der Waals surface area contributed by atoms with Gasteiger partial charge in [-0.1, -0.05) is 32.9 Å². The molecule has 1 unspecified atom stereocenters. The predicted octanol–water partition coefficient (Wildman–Crippen LogP) is 3.04. The number of allylic oxidation sites excluding steroid dienone is 2. The van der Waals surface area contributed by atoms with Crippen molar-refractivity contribution in [1.82, 2.24) is 9.55 Å². The maximum Gasteiger partial charge on any atom is 0.136 e.